The monoisotopic (exact) mass is 608 g/mol. The summed E-state index contributed by atoms with van der Waals surface area (Å²) in [6.45, 7) is 4.43. The van der Waals surface area contributed by atoms with E-state index in [-0.39, 0.29) is 10.8 Å². The van der Waals surface area contributed by atoms with Crippen molar-refractivity contribution in [3.8, 4) is 30.4 Å². The number of phenols is 1. The molecule has 3 N–H and O–H groups in total. The Hall–Kier alpha value is -2.53. The van der Waals surface area contributed by atoms with Gasteiger partial charge < -0.3 is 15.3 Å². The summed E-state index contributed by atoms with van der Waals surface area (Å²) < 4.78 is 0. The molecule has 0 bridgehead atoms. The Bertz CT molecular complexity index is 1480. The highest BCUT2D eigenvalue weighted by atomic mass is 16.3. The van der Waals surface area contributed by atoms with Crippen molar-refractivity contribution in [1.82, 2.24) is 0 Å². The average Bonchev–Trinajstić information content (AvgIpc) is 3.51. The fraction of sp³-hybridized carbons (Fsp3) is 0.683. The lowest BCUT2D eigenvalue weighted by atomic mass is 9.49. The minimum Gasteiger partial charge on any atom is -0.508 e. The Morgan fingerprint density at radius 1 is 0.800 bits per heavy atom. The van der Waals surface area contributed by atoms with Gasteiger partial charge in [-0.1, -0.05) is 37.3 Å². The summed E-state index contributed by atoms with van der Waals surface area (Å²) in [6.07, 6.45) is 28.7. The molecule has 4 nitrogen and oxygen atoms in total. The van der Waals surface area contributed by atoms with Crippen LogP contribution in [0.2, 0.25) is 0 Å². The number of terminal acetylenes is 2. The van der Waals surface area contributed by atoms with Gasteiger partial charge in [0.2, 0.25) is 0 Å². The van der Waals surface area contributed by atoms with Crippen LogP contribution in [0.4, 0.5) is 0 Å². The number of hydrogen-bond donors (Lipinski definition) is 3. The summed E-state index contributed by atoms with van der Waals surface area (Å²) in [5.74, 6) is 10.5. The van der Waals surface area contributed by atoms with Crippen molar-refractivity contribution in [2.75, 3.05) is 0 Å². The molecule has 7 aliphatic rings. The van der Waals surface area contributed by atoms with Gasteiger partial charge in [-0.15, -0.1) is 12.8 Å². The topological polar surface area (TPSA) is 77.8 Å². The van der Waals surface area contributed by atoms with Gasteiger partial charge in [0, 0.05) is 17.3 Å². The number of aryl methyl sites for hydroxylation is 1. The van der Waals surface area contributed by atoms with Gasteiger partial charge in [-0.3, -0.25) is 4.79 Å². The Morgan fingerprint density at radius 3 is 2.29 bits per heavy atom. The average molecular weight is 609 g/mol. The van der Waals surface area contributed by atoms with Gasteiger partial charge in [0.1, 0.15) is 17.0 Å². The van der Waals surface area contributed by atoms with Crippen LogP contribution in [0.25, 0.3) is 0 Å². The van der Waals surface area contributed by atoms with Gasteiger partial charge >= 0.3 is 0 Å². The number of allylic oxidation sites excluding steroid dienone is 1. The number of phenolic OH excluding ortho intramolecular Hbond substituents is 1. The molecule has 240 valence electrons. The van der Waals surface area contributed by atoms with Crippen LogP contribution < -0.4 is 0 Å². The van der Waals surface area contributed by atoms with Gasteiger partial charge in [-0.05, 0) is 161 Å². The zero-order valence-corrected chi connectivity index (χ0v) is 27.4. The number of hydrogen-bond acceptors (Lipinski definition) is 4. The molecule has 0 aromatic heterocycles. The maximum absolute atomic E-state index is 11.8. The first-order chi connectivity index (χ1) is 21.5. The first kappa shape index (κ1) is 31.1. The van der Waals surface area contributed by atoms with Crippen LogP contribution in [0.15, 0.2) is 29.8 Å². The molecule has 45 heavy (non-hydrogen) atoms. The molecule has 0 amide bonds. The molecule has 0 aliphatic heterocycles. The van der Waals surface area contributed by atoms with Crippen molar-refractivity contribution in [2.45, 2.75) is 127 Å². The first-order valence-corrected chi connectivity index (χ1v) is 18.0. The molecule has 4 heteroatoms. The van der Waals surface area contributed by atoms with Crippen molar-refractivity contribution < 1.29 is 20.1 Å². The highest BCUT2D eigenvalue weighted by Crippen LogP contribution is 2.66. The summed E-state index contributed by atoms with van der Waals surface area (Å²) in [6, 6.07) is 5.87. The zero-order valence-electron chi connectivity index (χ0n) is 27.4. The molecule has 11 atom stereocenters. The minimum atomic E-state index is -0.919. The summed E-state index contributed by atoms with van der Waals surface area (Å²) >= 11 is 0. The first-order valence-electron chi connectivity index (χ1n) is 18.0. The van der Waals surface area contributed by atoms with Crippen LogP contribution in [0.3, 0.4) is 0 Å². The van der Waals surface area contributed by atoms with Gasteiger partial charge in [0.05, 0.1) is 0 Å². The molecule has 0 unspecified atom stereocenters. The number of rotatable bonds is 1. The van der Waals surface area contributed by atoms with Crippen LogP contribution in [0.5, 0.6) is 5.75 Å². The molecule has 0 spiro atoms. The number of ketones is 1. The summed E-state index contributed by atoms with van der Waals surface area (Å²) in [5, 5.41) is 31.7. The summed E-state index contributed by atoms with van der Waals surface area (Å²) in [7, 11) is 0. The number of carbonyl (C=O) groups excluding carboxylic acids is 1. The van der Waals surface area contributed by atoms with Crippen molar-refractivity contribution in [1.29, 1.82) is 0 Å². The second-order valence-electron chi connectivity index (χ2n) is 16.2. The Morgan fingerprint density at radius 2 is 1.53 bits per heavy atom. The third kappa shape index (κ3) is 4.45. The second-order valence-corrected chi connectivity index (χ2v) is 16.2. The Balaban J connectivity index is 0.000000145. The van der Waals surface area contributed by atoms with Crippen LogP contribution in [0.1, 0.15) is 121 Å². The summed E-state index contributed by atoms with van der Waals surface area (Å²) in [4.78, 5) is 11.8. The smallest absolute Gasteiger partial charge is 0.155 e. The highest BCUT2D eigenvalue weighted by molar-refractivity contribution is 5.91. The maximum Gasteiger partial charge on any atom is 0.155 e. The fourth-order valence-corrected chi connectivity index (χ4v) is 12.8. The lowest BCUT2D eigenvalue weighted by Crippen LogP contribution is -2.53. The predicted octanol–water partition coefficient (Wildman–Crippen LogP) is 7.50. The lowest BCUT2D eigenvalue weighted by molar-refractivity contribution is -0.117. The number of aromatic hydroxyl groups is 1. The molecule has 7 aliphatic carbocycles. The molecule has 0 heterocycles. The van der Waals surface area contributed by atoms with E-state index < -0.39 is 11.2 Å². The van der Waals surface area contributed by atoms with E-state index in [2.05, 4.69) is 31.8 Å². The summed E-state index contributed by atoms with van der Waals surface area (Å²) in [5.41, 5.74) is 2.17. The zero-order chi connectivity index (χ0) is 31.8. The van der Waals surface area contributed by atoms with Gasteiger partial charge in [-0.2, -0.15) is 0 Å². The van der Waals surface area contributed by atoms with E-state index in [0.717, 1.165) is 83.5 Å². The third-order valence-electron chi connectivity index (χ3n) is 15.1. The van der Waals surface area contributed by atoms with Crippen LogP contribution in [-0.2, 0) is 11.2 Å². The maximum atomic E-state index is 11.8. The molecule has 5 fully saturated rings. The molecular formula is C41H52O4. The van der Waals surface area contributed by atoms with Crippen molar-refractivity contribution in [3.05, 3.63) is 41.0 Å². The van der Waals surface area contributed by atoms with Crippen molar-refractivity contribution in [3.63, 3.8) is 0 Å². The predicted molar refractivity (Wildman–Crippen MR) is 177 cm³/mol. The molecule has 1 aromatic rings. The molecule has 0 saturated heterocycles. The normalized spacial score (nSPS) is 45.9. The van der Waals surface area contributed by atoms with Crippen LogP contribution in [-0.4, -0.2) is 32.3 Å². The van der Waals surface area contributed by atoms with Crippen molar-refractivity contribution in [2.24, 2.45) is 46.3 Å². The van der Waals surface area contributed by atoms with E-state index in [4.69, 9.17) is 12.8 Å². The molecular weight excluding hydrogens is 556 g/mol. The fourth-order valence-electron chi connectivity index (χ4n) is 12.8. The van der Waals surface area contributed by atoms with Gasteiger partial charge in [-0.25, -0.2) is 0 Å². The van der Waals surface area contributed by atoms with E-state index in [1.165, 1.54) is 29.5 Å². The van der Waals surface area contributed by atoms with Crippen LogP contribution >= 0.6 is 0 Å². The van der Waals surface area contributed by atoms with E-state index in [0.29, 0.717) is 53.0 Å². The second kappa shape index (κ2) is 11.0. The molecule has 5 saturated carbocycles. The van der Waals surface area contributed by atoms with Crippen LogP contribution in [0, 0.1) is 71.0 Å². The minimum absolute atomic E-state index is 0.0609. The van der Waals surface area contributed by atoms with Crippen molar-refractivity contribution >= 4 is 5.78 Å². The molecule has 0 radical (unpaired) electrons. The molecule has 8 rings (SSSR count). The highest BCUT2D eigenvalue weighted by Gasteiger charge is 2.64. The number of benzene rings is 1. The van der Waals surface area contributed by atoms with E-state index in [1.54, 1.807) is 0 Å². The SMILES string of the molecule is C#C[C@]1(O)CC[C@H]2[C@@H]3CCC4=CC(=O)CC[C@@H]4[C@H]3CC[C@@]21CC.C#C[C@]1(O)CC[C@H]2[C@@H]3CCc4cc(O)ccc4[C@H]3CC[C@@]21C. The Labute approximate surface area is 270 Å². The number of carbonyl (C=O) groups is 1. The van der Waals surface area contributed by atoms with E-state index in [1.807, 2.05) is 18.2 Å². The van der Waals surface area contributed by atoms with Gasteiger partial charge in [0.25, 0.3) is 0 Å². The van der Waals surface area contributed by atoms with E-state index in [9.17, 15) is 20.1 Å². The molecule has 1 aromatic carbocycles. The number of aliphatic hydroxyl groups is 2. The Kier molecular flexibility index (Phi) is 7.62. The largest absolute Gasteiger partial charge is 0.508 e. The van der Waals surface area contributed by atoms with Gasteiger partial charge in [0.15, 0.2) is 5.78 Å². The lowest BCUT2D eigenvalue weighted by Gasteiger charge is -2.55. The quantitative estimate of drug-likeness (QED) is 0.289. The number of fused-ring (bicyclic) bond motifs is 10. The standard InChI is InChI=1S/C21H28O2.C20H24O2/c1-3-20-11-9-17-16-8-6-15(22)13-14(16)5-7-18(17)19(20)10-12-21(20,23)4-2;1-3-20(22)11-9-18-17-6-4-13-12-14(21)5-7-15(13)16(17)8-10-19(18,20)2/h2,13,16-19,23H,3,5-12H2,1H3;1,5,7,12,16-18,21-22H,4,6,8-11H2,2H3/t16-,17+,18+,19-,20-,21-;16-,17-,18+,19+,20+/m01/s1. The third-order valence-corrected chi connectivity index (χ3v) is 15.1. The van der Waals surface area contributed by atoms with E-state index >= 15 is 0 Å².